The van der Waals surface area contributed by atoms with Crippen LogP contribution in [0.4, 0.5) is 0 Å². The Kier molecular flexibility index (Phi) is 5.14. The standard InChI is InChI=1S/C11H11BrClN3O2S2/c1-2-16(7-8-3-4-10(12)19-8)20(17,18)9-5-14-11(13)15-6-9/h3-6H,2,7H2,1H3. The molecule has 108 valence electrons. The zero-order valence-corrected chi connectivity index (χ0v) is 14.4. The van der Waals surface area contributed by atoms with Gasteiger partial charge in [-0.25, -0.2) is 18.4 Å². The van der Waals surface area contributed by atoms with E-state index in [0.717, 1.165) is 8.66 Å². The van der Waals surface area contributed by atoms with E-state index in [9.17, 15) is 8.42 Å². The van der Waals surface area contributed by atoms with E-state index in [1.165, 1.54) is 28.0 Å². The molecular formula is C11H11BrClN3O2S2. The van der Waals surface area contributed by atoms with Gasteiger partial charge in [0.2, 0.25) is 15.3 Å². The van der Waals surface area contributed by atoms with Gasteiger partial charge >= 0.3 is 0 Å². The summed E-state index contributed by atoms with van der Waals surface area (Å²) in [5.41, 5.74) is 0. The number of thiophene rings is 1. The van der Waals surface area contributed by atoms with Gasteiger partial charge in [0.1, 0.15) is 4.90 Å². The molecule has 0 amide bonds. The fraction of sp³-hybridized carbons (Fsp3) is 0.273. The van der Waals surface area contributed by atoms with E-state index in [2.05, 4.69) is 25.9 Å². The lowest BCUT2D eigenvalue weighted by atomic mass is 10.4. The minimum atomic E-state index is -3.62. The number of aromatic nitrogens is 2. The SMILES string of the molecule is CCN(Cc1ccc(Br)s1)S(=O)(=O)c1cnc(Cl)nc1. The molecule has 0 aliphatic carbocycles. The van der Waals surface area contributed by atoms with E-state index in [1.54, 1.807) is 6.92 Å². The van der Waals surface area contributed by atoms with Crippen molar-refractivity contribution in [1.82, 2.24) is 14.3 Å². The molecule has 2 aromatic rings. The third-order valence-corrected chi connectivity index (χ3v) is 6.23. The molecule has 9 heteroatoms. The van der Waals surface area contributed by atoms with Crippen molar-refractivity contribution < 1.29 is 8.42 Å². The van der Waals surface area contributed by atoms with Crippen LogP contribution in [0.5, 0.6) is 0 Å². The van der Waals surface area contributed by atoms with E-state index in [4.69, 9.17) is 11.6 Å². The molecule has 0 saturated heterocycles. The highest BCUT2D eigenvalue weighted by Gasteiger charge is 2.24. The van der Waals surface area contributed by atoms with Crippen LogP contribution < -0.4 is 0 Å². The molecule has 0 N–H and O–H groups in total. The third-order valence-electron chi connectivity index (χ3n) is 2.55. The molecule has 2 heterocycles. The largest absolute Gasteiger partial charge is 0.246 e. The van der Waals surface area contributed by atoms with Gasteiger partial charge in [0, 0.05) is 18.0 Å². The molecule has 0 aromatic carbocycles. The second kappa shape index (κ2) is 6.48. The minimum absolute atomic E-state index is 0.0224. The normalized spacial score (nSPS) is 12.0. The maximum absolute atomic E-state index is 12.5. The Morgan fingerprint density at radius 3 is 2.50 bits per heavy atom. The number of nitrogens with zero attached hydrogens (tertiary/aromatic N) is 3. The molecule has 2 aromatic heterocycles. The lowest BCUT2D eigenvalue weighted by Gasteiger charge is -2.19. The predicted molar refractivity (Wildman–Crippen MR) is 82.3 cm³/mol. The van der Waals surface area contributed by atoms with Gasteiger partial charge < -0.3 is 0 Å². The summed E-state index contributed by atoms with van der Waals surface area (Å²) >= 11 is 10.4. The Bertz CT molecular complexity index is 688. The average molecular weight is 397 g/mol. The van der Waals surface area contributed by atoms with Crippen molar-refractivity contribution >= 4 is 48.9 Å². The first-order chi connectivity index (χ1) is 9.43. The van der Waals surface area contributed by atoms with Crippen molar-refractivity contribution in [3.63, 3.8) is 0 Å². The zero-order chi connectivity index (χ0) is 14.8. The van der Waals surface area contributed by atoms with E-state index in [0.29, 0.717) is 13.1 Å². The Morgan fingerprint density at radius 1 is 1.35 bits per heavy atom. The molecular weight excluding hydrogens is 386 g/mol. The first-order valence-corrected chi connectivity index (χ1v) is 9.08. The van der Waals surface area contributed by atoms with Crippen LogP contribution in [-0.4, -0.2) is 29.2 Å². The van der Waals surface area contributed by atoms with Crippen molar-refractivity contribution in [2.75, 3.05) is 6.54 Å². The summed E-state index contributed by atoms with van der Waals surface area (Å²) in [6, 6.07) is 3.79. The summed E-state index contributed by atoms with van der Waals surface area (Å²) in [6.45, 7) is 2.47. The van der Waals surface area contributed by atoms with Crippen molar-refractivity contribution in [2.24, 2.45) is 0 Å². The predicted octanol–water partition coefficient (Wildman–Crippen LogP) is 3.16. The smallest absolute Gasteiger partial charge is 0.225 e. The van der Waals surface area contributed by atoms with Gasteiger partial charge in [0.05, 0.1) is 16.2 Å². The second-order valence-corrected chi connectivity index (χ2v) is 8.65. The molecule has 0 atom stereocenters. The van der Waals surface area contributed by atoms with Crippen molar-refractivity contribution in [3.05, 3.63) is 38.5 Å². The third kappa shape index (κ3) is 3.56. The number of hydrogen-bond donors (Lipinski definition) is 0. The maximum Gasteiger partial charge on any atom is 0.246 e. The highest BCUT2D eigenvalue weighted by atomic mass is 79.9. The Labute approximate surface area is 134 Å². The molecule has 0 radical (unpaired) electrons. The van der Waals surface area contributed by atoms with E-state index in [-0.39, 0.29) is 10.2 Å². The van der Waals surface area contributed by atoms with E-state index >= 15 is 0 Å². The fourth-order valence-corrected chi connectivity index (χ4v) is 4.56. The van der Waals surface area contributed by atoms with Gasteiger partial charge in [-0.1, -0.05) is 6.92 Å². The number of hydrogen-bond acceptors (Lipinski definition) is 5. The van der Waals surface area contributed by atoms with Gasteiger partial charge in [-0.05, 0) is 39.7 Å². The average Bonchev–Trinajstić information content (AvgIpc) is 2.82. The van der Waals surface area contributed by atoms with Crippen LogP contribution in [0.1, 0.15) is 11.8 Å². The molecule has 0 bridgehead atoms. The fourth-order valence-electron chi connectivity index (χ4n) is 1.56. The molecule has 2 rings (SSSR count). The Balaban J connectivity index is 2.27. The van der Waals surface area contributed by atoms with Gasteiger partial charge in [-0.15, -0.1) is 11.3 Å². The van der Waals surface area contributed by atoms with Crippen LogP contribution in [0.15, 0.2) is 33.2 Å². The Hall–Kier alpha value is -0.540. The van der Waals surface area contributed by atoms with Crippen LogP contribution in [0.2, 0.25) is 5.28 Å². The quantitative estimate of drug-likeness (QED) is 0.728. The van der Waals surface area contributed by atoms with E-state index < -0.39 is 10.0 Å². The van der Waals surface area contributed by atoms with Crippen molar-refractivity contribution in [3.8, 4) is 0 Å². The highest BCUT2D eigenvalue weighted by Crippen LogP contribution is 2.25. The molecule has 0 fully saturated rings. The summed E-state index contributed by atoms with van der Waals surface area (Å²) in [5, 5.41) is 0.0224. The summed E-state index contributed by atoms with van der Waals surface area (Å²) in [5.74, 6) is 0. The van der Waals surface area contributed by atoms with Crippen LogP contribution in [-0.2, 0) is 16.6 Å². The number of sulfonamides is 1. The van der Waals surface area contributed by atoms with Gasteiger partial charge in [0.15, 0.2) is 0 Å². The van der Waals surface area contributed by atoms with E-state index in [1.807, 2.05) is 12.1 Å². The lowest BCUT2D eigenvalue weighted by Crippen LogP contribution is -2.30. The molecule has 0 spiro atoms. The second-order valence-electron chi connectivity index (χ2n) is 3.82. The lowest BCUT2D eigenvalue weighted by molar-refractivity contribution is 0.426. The molecule has 0 unspecified atom stereocenters. The monoisotopic (exact) mass is 395 g/mol. The first-order valence-electron chi connectivity index (χ1n) is 5.65. The van der Waals surface area contributed by atoms with Crippen LogP contribution in [0.25, 0.3) is 0 Å². The topological polar surface area (TPSA) is 63.2 Å². The number of halogens is 2. The van der Waals surface area contributed by atoms with Gasteiger partial charge in [0.25, 0.3) is 0 Å². The summed E-state index contributed by atoms with van der Waals surface area (Å²) in [7, 11) is -3.62. The summed E-state index contributed by atoms with van der Waals surface area (Å²) in [6.07, 6.45) is 2.44. The zero-order valence-electron chi connectivity index (χ0n) is 10.5. The van der Waals surface area contributed by atoms with Crippen LogP contribution in [0.3, 0.4) is 0 Å². The molecule has 5 nitrogen and oxygen atoms in total. The van der Waals surface area contributed by atoms with Crippen molar-refractivity contribution in [1.29, 1.82) is 0 Å². The molecule has 20 heavy (non-hydrogen) atoms. The van der Waals surface area contributed by atoms with Crippen LogP contribution >= 0.6 is 38.9 Å². The van der Waals surface area contributed by atoms with Gasteiger partial charge in [-0.2, -0.15) is 4.31 Å². The summed E-state index contributed by atoms with van der Waals surface area (Å²) < 4.78 is 27.3. The first kappa shape index (κ1) is 15.8. The maximum atomic E-state index is 12.5. The molecule has 0 saturated carbocycles. The molecule has 0 aliphatic heterocycles. The van der Waals surface area contributed by atoms with Crippen molar-refractivity contribution in [2.45, 2.75) is 18.4 Å². The number of rotatable bonds is 5. The van der Waals surface area contributed by atoms with Crippen LogP contribution in [0, 0.1) is 0 Å². The summed E-state index contributed by atoms with van der Waals surface area (Å²) in [4.78, 5) is 8.43. The highest BCUT2D eigenvalue weighted by molar-refractivity contribution is 9.11. The Morgan fingerprint density at radius 2 is 2.00 bits per heavy atom. The van der Waals surface area contributed by atoms with Gasteiger partial charge in [-0.3, -0.25) is 0 Å². The minimum Gasteiger partial charge on any atom is -0.225 e. The molecule has 0 aliphatic rings.